The van der Waals surface area contributed by atoms with E-state index in [1.54, 1.807) is 0 Å². The van der Waals surface area contributed by atoms with Crippen LogP contribution in [0.3, 0.4) is 0 Å². The maximum Gasteiger partial charge on any atom is 0.306 e. The molecule has 0 aliphatic heterocycles. The molecule has 2 N–H and O–H groups in total. The summed E-state index contributed by atoms with van der Waals surface area (Å²) in [5.74, 6) is -1.06. The number of carboxylic acid groups (broad SMARTS) is 1. The van der Waals surface area contributed by atoms with Crippen molar-refractivity contribution < 1.29 is 22.8 Å². The average Bonchev–Trinajstić information content (AvgIpc) is 1.58. The van der Waals surface area contributed by atoms with Crippen LogP contribution >= 0.6 is 0 Å². The normalized spacial score (nSPS) is 16.2. The molecule has 0 aromatic rings. The summed E-state index contributed by atoms with van der Waals surface area (Å²) in [4.78, 5) is 9.93. The van der Waals surface area contributed by atoms with Crippen molar-refractivity contribution >= 4 is 17.3 Å². The summed E-state index contributed by atoms with van der Waals surface area (Å²) in [5.41, 5.74) is 0. The second-order valence-electron chi connectivity index (χ2n) is 1.72. The minimum absolute atomic E-state index is 0.272. The molecule has 0 aliphatic rings. The van der Waals surface area contributed by atoms with Gasteiger partial charge in [-0.15, -0.1) is 0 Å². The van der Waals surface area contributed by atoms with Gasteiger partial charge >= 0.3 is 17.3 Å². The van der Waals surface area contributed by atoms with Gasteiger partial charge in [-0.25, -0.2) is 0 Å². The Morgan fingerprint density at radius 3 is 2.60 bits per heavy atom. The molecule has 0 aliphatic carbocycles. The van der Waals surface area contributed by atoms with Crippen LogP contribution in [-0.2, 0) is 20.3 Å². The van der Waals surface area contributed by atoms with Crippen LogP contribution in [0.2, 0.25) is 0 Å². The van der Waals surface area contributed by atoms with Crippen molar-refractivity contribution in [3.63, 3.8) is 0 Å². The van der Waals surface area contributed by atoms with Crippen LogP contribution in [0.5, 0.6) is 0 Å². The predicted molar refractivity (Wildman–Crippen MR) is 33.6 cm³/mol. The quantitative estimate of drug-likeness (QED) is 0.577. The molecule has 6 heteroatoms. The third-order valence-electron chi connectivity index (χ3n) is 0.709. The van der Waals surface area contributed by atoms with Gasteiger partial charge < -0.3 is 5.11 Å². The summed E-state index contributed by atoms with van der Waals surface area (Å²) < 4.78 is 22.2. The molecule has 0 radical (unpaired) electrons. The summed E-state index contributed by atoms with van der Waals surface area (Å²) in [6.07, 6.45) is -1.00. The molecule has 2 atom stereocenters. The van der Waals surface area contributed by atoms with Crippen molar-refractivity contribution in [1.82, 2.24) is 0 Å². The smallest absolute Gasteiger partial charge is 0.306 e. The first-order chi connectivity index (χ1) is 4.52. The van der Waals surface area contributed by atoms with Crippen LogP contribution in [-0.4, -0.2) is 25.9 Å². The molecule has 0 saturated carbocycles. The third kappa shape index (κ3) is 5.67. The van der Waals surface area contributed by atoms with Gasteiger partial charge in [-0.2, -0.15) is 4.21 Å². The molecule has 0 spiro atoms. The molecule has 0 aromatic heterocycles. The molecular formula is C4H8O5S. The molecule has 0 amide bonds. The van der Waals surface area contributed by atoms with E-state index in [-0.39, 0.29) is 6.42 Å². The summed E-state index contributed by atoms with van der Waals surface area (Å²) in [6.45, 7) is 1.40. The molecular weight excluding hydrogens is 160 g/mol. The SMILES string of the molecule is C[C@H](CC(=O)O)OS(=O)O. The number of aliphatic carboxylic acids is 1. The molecule has 5 nitrogen and oxygen atoms in total. The predicted octanol–water partition coefficient (Wildman–Crippen LogP) is 0.00290. The lowest BCUT2D eigenvalue weighted by Crippen LogP contribution is -2.14. The van der Waals surface area contributed by atoms with Gasteiger partial charge in [0.15, 0.2) is 0 Å². The first-order valence-corrected chi connectivity index (χ1v) is 3.55. The van der Waals surface area contributed by atoms with Crippen molar-refractivity contribution in [1.29, 1.82) is 0 Å². The largest absolute Gasteiger partial charge is 0.481 e. The van der Waals surface area contributed by atoms with Crippen molar-refractivity contribution in [2.45, 2.75) is 19.4 Å². The van der Waals surface area contributed by atoms with Crippen LogP contribution < -0.4 is 0 Å². The summed E-state index contributed by atoms with van der Waals surface area (Å²) in [5, 5.41) is 8.14. The summed E-state index contributed by atoms with van der Waals surface area (Å²) in [7, 11) is 0. The van der Waals surface area contributed by atoms with Crippen LogP contribution in [0.15, 0.2) is 0 Å². The van der Waals surface area contributed by atoms with Gasteiger partial charge in [0.1, 0.15) is 0 Å². The Kier molecular flexibility index (Phi) is 4.17. The van der Waals surface area contributed by atoms with Gasteiger partial charge in [0.2, 0.25) is 0 Å². The number of hydrogen-bond acceptors (Lipinski definition) is 3. The van der Waals surface area contributed by atoms with Crippen molar-refractivity contribution in [2.75, 3.05) is 0 Å². The van der Waals surface area contributed by atoms with Gasteiger partial charge in [0.25, 0.3) is 0 Å². The third-order valence-corrected chi connectivity index (χ3v) is 1.20. The van der Waals surface area contributed by atoms with Gasteiger partial charge in [0.05, 0.1) is 12.5 Å². The van der Waals surface area contributed by atoms with Crippen molar-refractivity contribution in [2.24, 2.45) is 0 Å². The van der Waals surface area contributed by atoms with Crippen LogP contribution in [0, 0.1) is 0 Å². The van der Waals surface area contributed by atoms with E-state index in [1.165, 1.54) is 6.92 Å². The fourth-order valence-electron chi connectivity index (χ4n) is 0.420. The van der Waals surface area contributed by atoms with E-state index in [0.717, 1.165) is 0 Å². The fraction of sp³-hybridized carbons (Fsp3) is 0.750. The fourth-order valence-corrected chi connectivity index (χ4v) is 0.770. The first kappa shape index (κ1) is 9.54. The lowest BCUT2D eigenvalue weighted by atomic mass is 10.3. The Balaban J connectivity index is 3.53. The number of rotatable bonds is 4. The number of hydrogen-bond donors (Lipinski definition) is 2. The van der Waals surface area contributed by atoms with E-state index < -0.39 is 23.4 Å². The maximum atomic E-state index is 9.93. The minimum atomic E-state index is -2.38. The molecule has 1 unspecified atom stereocenters. The monoisotopic (exact) mass is 168 g/mol. The topological polar surface area (TPSA) is 83.8 Å². The van der Waals surface area contributed by atoms with E-state index in [4.69, 9.17) is 9.66 Å². The van der Waals surface area contributed by atoms with Crippen LogP contribution in [0.4, 0.5) is 0 Å². The second-order valence-corrected chi connectivity index (χ2v) is 2.35. The molecule has 0 bridgehead atoms. The van der Waals surface area contributed by atoms with Gasteiger partial charge in [-0.1, -0.05) is 0 Å². The van der Waals surface area contributed by atoms with Crippen LogP contribution in [0.25, 0.3) is 0 Å². The average molecular weight is 168 g/mol. The van der Waals surface area contributed by atoms with Gasteiger partial charge in [0, 0.05) is 0 Å². The molecule has 0 fully saturated rings. The minimum Gasteiger partial charge on any atom is -0.481 e. The Bertz CT molecular complexity index is 129. The van der Waals surface area contributed by atoms with E-state index >= 15 is 0 Å². The Morgan fingerprint density at radius 2 is 2.30 bits per heavy atom. The van der Waals surface area contributed by atoms with E-state index in [0.29, 0.717) is 0 Å². The standard InChI is InChI=1S/C4H8O5S/c1-3(2-4(5)6)9-10(7)8/h3H,2H2,1H3,(H,5,6)(H,7,8)/t3-/m1/s1. The highest BCUT2D eigenvalue weighted by atomic mass is 32.2. The molecule has 10 heavy (non-hydrogen) atoms. The Labute approximate surface area is 60.5 Å². The molecule has 0 rings (SSSR count). The lowest BCUT2D eigenvalue weighted by molar-refractivity contribution is -0.138. The zero-order valence-electron chi connectivity index (χ0n) is 5.31. The highest BCUT2D eigenvalue weighted by molar-refractivity contribution is 7.74. The first-order valence-electron chi connectivity index (χ1n) is 2.52. The zero-order valence-corrected chi connectivity index (χ0v) is 6.13. The molecule has 0 heterocycles. The molecule has 60 valence electrons. The highest BCUT2D eigenvalue weighted by Crippen LogP contribution is 1.97. The number of carboxylic acids is 1. The van der Waals surface area contributed by atoms with E-state index in [1.807, 2.05) is 0 Å². The summed E-state index contributed by atoms with van der Waals surface area (Å²) in [6, 6.07) is 0. The van der Waals surface area contributed by atoms with Gasteiger partial charge in [-0.05, 0) is 6.92 Å². The zero-order chi connectivity index (χ0) is 8.15. The van der Waals surface area contributed by atoms with Gasteiger partial charge in [-0.3, -0.25) is 13.5 Å². The van der Waals surface area contributed by atoms with E-state index in [9.17, 15) is 9.00 Å². The Hall–Kier alpha value is -0.460. The summed E-state index contributed by atoms with van der Waals surface area (Å²) >= 11 is -2.38. The van der Waals surface area contributed by atoms with Crippen molar-refractivity contribution in [3.05, 3.63) is 0 Å². The Morgan fingerprint density at radius 1 is 1.80 bits per heavy atom. The maximum absolute atomic E-state index is 9.93. The molecule has 0 saturated heterocycles. The number of carbonyl (C=O) groups is 1. The lowest BCUT2D eigenvalue weighted by Gasteiger charge is -2.03. The van der Waals surface area contributed by atoms with Crippen molar-refractivity contribution in [3.8, 4) is 0 Å². The highest BCUT2D eigenvalue weighted by Gasteiger charge is 2.09. The van der Waals surface area contributed by atoms with E-state index in [2.05, 4.69) is 4.18 Å². The van der Waals surface area contributed by atoms with Crippen LogP contribution in [0.1, 0.15) is 13.3 Å². The molecule has 0 aromatic carbocycles. The second kappa shape index (κ2) is 4.37.